The number of aryl methyl sites for hydroxylation is 1. The van der Waals surface area contributed by atoms with Crippen LogP contribution in [0, 0.1) is 11.6 Å². The molecule has 2 N–H and O–H groups in total. The normalized spacial score (nSPS) is 29.3. The SMILES string of the molecule is CCc1cccc2cc(O)cc(-c3c(F)cc4c(N5CC6(C)CCC(C)(C5)N6)nc(OCC56CCCN5C[C@H](F)C6)nc4c3F)c12. The summed E-state index contributed by atoms with van der Waals surface area (Å²) in [4.78, 5) is 13.7. The summed E-state index contributed by atoms with van der Waals surface area (Å²) in [7, 11) is 0. The van der Waals surface area contributed by atoms with E-state index in [1.54, 1.807) is 6.07 Å². The Labute approximate surface area is 266 Å². The Bertz CT molecular complexity index is 1870. The molecule has 46 heavy (non-hydrogen) atoms. The number of benzene rings is 3. The van der Waals surface area contributed by atoms with Gasteiger partial charge >= 0.3 is 6.01 Å². The third-order valence-corrected chi connectivity index (χ3v) is 11.0. The van der Waals surface area contributed by atoms with E-state index >= 15 is 8.78 Å². The molecular formula is C36H40F3N5O2. The predicted molar refractivity (Wildman–Crippen MR) is 173 cm³/mol. The lowest BCUT2D eigenvalue weighted by Gasteiger charge is -2.45. The minimum absolute atomic E-state index is 0.00121. The molecule has 7 nitrogen and oxygen atoms in total. The number of fused-ring (bicyclic) bond motifs is 5. The standard InChI is InChI=1S/C36H40F3N5O2/c1-4-21-7-5-8-22-13-24(45)14-25(28(21)22)29-27(38)15-26-31(30(29)39)40-33(46-20-36-9-6-12-44(36)17-23(37)16-36)41-32(26)43-18-34(2)10-11-35(3,19-43)42-34/h5,7-8,13-15,23,42,45H,4,6,9-12,16-20H2,1-3H3/t23-,34?,35?,36?/m1/s1. The Balaban J connectivity index is 1.30. The van der Waals surface area contributed by atoms with Crippen molar-refractivity contribution < 1.29 is 23.0 Å². The maximum atomic E-state index is 17.0. The Morgan fingerprint density at radius 1 is 1.07 bits per heavy atom. The van der Waals surface area contributed by atoms with Gasteiger partial charge in [-0.25, -0.2) is 13.2 Å². The van der Waals surface area contributed by atoms with Gasteiger partial charge in [0.25, 0.3) is 0 Å². The number of anilines is 1. The molecule has 8 rings (SSSR count). The third-order valence-electron chi connectivity index (χ3n) is 11.0. The molecule has 0 aliphatic carbocycles. The van der Waals surface area contributed by atoms with Gasteiger partial charge in [-0.1, -0.05) is 25.1 Å². The fraction of sp³-hybridized carbons (Fsp3) is 0.500. The summed E-state index contributed by atoms with van der Waals surface area (Å²) < 4.78 is 54.2. The smallest absolute Gasteiger partial charge is 0.319 e. The average molecular weight is 632 g/mol. The lowest BCUT2D eigenvalue weighted by atomic mass is 9.92. The summed E-state index contributed by atoms with van der Waals surface area (Å²) in [5.41, 5.74) is 0.105. The van der Waals surface area contributed by atoms with Crippen LogP contribution in [0.5, 0.6) is 11.8 Å². The molecule has 3 unspecified atom stereocenters. The van der Waals surface area contributed by atoms with E-state index in [4.69, 9.17) is 9.72 Å². The minimum atomic E-state index is -0.914. The number of ether oxygens (including phenoxy) is 1. The predicted octanol–water partition coefficient (Wildman–Crippen LogP) is 6.67. The summed E-state index contributed by atoms with van der Waals surface area (Å²) >= 11 is 0. The minimum Gasteiger partial charge on any atom is -0.508 e. The molecule has 5 heterocycles. The number of rotatable bonds is 6. The highest BCUT2D eigenvalue weighted by molar-refractivity contribution is 6.03. The number of aromatic nitrogens is 2. The van der Waals surface area contributed by atoms with E-state index in [1.165, 1.54) is 12.1 Å². The van der Waals surface area contributed by atoms with Crippen LogP contribution >= 0.6 is 0 Å². The summed E-state index contributed by atoms with van der Waals surface area (Å²) in [6, 6.07) is 10.00. The van der Waals surface area contributed by atoms with Gasteiger partial charge in [0.05, 0.1) is 11.1 Å². The van der Waals surface area contributed by atoms with Gasteiger partial charge in [-0.3, -0.25) is 4.90 Å². The van der Waals surface area contributed by atoms with Gasteiger partial charge in [0.1, 0.15) is 35.7 Å². The number of phenols is 1. The van der Waals surface area contributed by atoms with Crippen LogP contribution in [0.25, 0.3) is 32.8 Å². The Kier molecular flexibility index (Phi) is 6.75. The number of piperazine rings is 1. The number of hydrogen-bond acceptors (Lipinski definition) is 7. The second-order valence-electron chi connectivity index (χ2n) is 14.6. The maximum absolute atomic E-state index is 17.0. The van der Waals surface area contributed by atoms with E-state index in [2.05, 4.69) is 33.9 Å². The van der Waals surface area contributed by atoms with Crippen LogP contribution < -0.4 is 15.0 Å². The Morgan fingerprint density at radius 2 is 1.85 bits per heavy atom. The van der Waals surface area contributed by atoms with Gasteiger partial charge < -0.3 is 20.1 Å². The van der Waals surface area contributed by atoms with Crippen LogP contribution in [0.1, 0.15) is 58.4 Å². The highest BCUT2D eigenvalue weighted by Crippen LogP contribution is 2.44. The van der Waals surface area contributed by atoms with Crippen molar-refractivity contribution in [2.45, 2.75) is 82.1 Å². The second kappa shape index (κ2) is 10.4. The third kappa shape index (κ3) is 4.70. The summed E-state index contributed by atoms with van der Waals surface area (Å²) in [6.07, 6.45) is 3.86. The molecule has 0 radical (unpaired) electrons. The van der Waals surface area contributed by atoms with E-state index in [0.717, 1.165) is 37.8 Å². The van der Waals surface area contributed by atoms with E-state index < -0.39 is 23.3 Å². The fourth-order valence-corrected chi connectivity index (χ4v) is 9.03. The molecule has 4 aliphatic rings. The zero-order valence-corrected chi connectivity index (χ0v) is 26.6. The molecule has 0 saturated carbocycles. The van der Waals surface area contributed by atoms with Crippen molar-refractivity contribution >= 4 is 27.5 Å². The first-order chi connectivity index (χ1) is 22.0. The molecule has 3 aromatic carbocycles. The van der Waals surface area contributed by atoms with Crippen molar-refractivity contribution in [3.8, 4) is 22.9 Å². The molecule has 4 fully saturated rings. The van der Waals surface area contributed by atoms with Crippen LogP contribution in [0.2, 0.25) is 0 Å². The van der Waals surface area contributed by atoms with Gasteiger partial charge in [-0.2, -0.15) is 9.97 Å². The van der Waals surface area contributed by atoms with E-state index in [-0.39, 0.29) is 51.5 Å². The second-order valence-corrected chi connectivity index (χ2v) is 14.6. The highest BCUT2D eigenvalue weighted by Gasteiger charge is 2.50. The van der Waals surface area contributed by atoms with Gasteiger partial charge in [0.15, 0.2) is 5.82 Å². The van der Waals surface area contributed by atoms with Crippen LogP contribution in [0.3, 0.4) is 0 Å². The van der Waals surface area contributed by atoms with E-state index in [0.29, 0.717) is 49.1 Å². The summed E-state index contributed by atoms with van der Waals surface area (Å²) in [5, 5.41) is 16.0. The largest absolute Gasteiger partial charge is 0.508 e. The van der Waals surface area contributed by atoms with Crippen LogP contribution in [-0.4, -0.2) is 75.5 Å². The van der Waals surface area contributed by atoms with Crippen molar-refractivity contribution in [1.29, 1.82) is 0 Å². The zero-order chi connectivity index (χ0) is 32.0. The molecule has 2 bridgehead atoms. The maximum Gasteiger partial charge on any atom is 0.319 e. The molecular weight excluding hydrogens is 591 g/mol. The number of phenolic OH excluding ortho intramolecular Hbond substituents is 1. The molecule has 10 heteroatoms. The first-order valence-electron chi connectivity index (χ1n) is 16.5. The number of halogens is 3. The lowest BCUT2D eigenvalue weighted by Crippen LogP contribution is -2.63. The van der Waals surface area contributed by atoms with Crippen LogP contribution in [-0.2, 0) is 6.42 Å². The molecule has 4 saturated heterocycles. The topological polar surface area (TPSA) is 73.8 Å². The Morgan fingerprint density at radius 3 is 2.61 bits per heavy atom. The molecule has 0 amide bonds. The molecule has 0 spiro atoms. The molecule has 4 aromatic rings. The number of aromatic hydroxyl groups is 1. The molecule has 1 aromatic heterocycles. The van der Waals surface area contributed by atoms with Crippen molar-refractivity contribution in [2.75, 3.05) is 37.7 Å². The van der Waals surface area contributed by atoms with Gasteiger partial charge in [-0.15, -0.1) is 0 Å². The van der Waals surface area contributed by atoms with Crippen molar-refractivity contribution in [1.82, 2.24) is 20.2 Å². The van der Waals surface area contributed by atoms with Gasteiger partial charge in [-0.05, 0) is 92.6 Å². The van der Waals surface area contributed by atoms with E-state index in [1.807, 2.05) is 25.1 Å². The van der Waals surface area contributed by atoms with E-state index in [9.17, 15) is 9.50 Å². The van der Waals surface area contributed by atoms with Crippen LogP contribution in [0.15, 0.2) is 36.4 Å². The number of nitrogens with one attached hydrogen (secondary N) is 1. The first kappa shape index (κ1) is 29.8. The fourth-order valence-electron chi connectivity index (χ4n) is 9.03. The zero-order valence-electron chi connectivity index (χ0n) is 26.6. The lowest BCUT2D eigenvalue weighted by molar-refractivity contribution is 0.107. The van der Waals surface area contributed by atoms with Gasteiger partial charge in [0.2, 0.25) is 0 Å². The molecule has 242 valence electrons. The average Bonchev–Trinajstić information content (AvgIpc) is 3.61. The molecule has 4 atom stereocenters. The van der Waals surface area contributed by atoms with Crippen LogP contribution in [0.4, 0.5) is 19.0 Å². The molecule has 4 aliphatic heterocycles. The van der Waals surface area contributed by atoms with Crippen molar-refractivity contribution in [3.05, 3.63) is 53.6 Å². The van der Waals surface area contributed by atoms with Gasteiger partial charge in [0, 0.05) is 42.5 Å². The summed E-state index contributed by atoms with van der Waals surface area (Å²) in [6.45, 7) is 8.95. The quantitative estimate of drug-likeness (QED) is 0.246. The summed E-state index contributed by atoms with van der Waals surface area (Å²) in [5.74, 6) is -1.24. The number of hydrogen-bond donors (Lipinski definition) is 2. The number of alkyl halides is 1. The first-order valence-corrected chi connectivity index (χ1v) is 16.5. The Hall–Kier alpha value is -3.63. The highest BCUT2D eigenvalue weighted by atomic mass is 19.1. The monoisotopic (exact) mass is 631 g/mol. The number of nitrogens with zero attached hydrogens (tertiary/aromatic N) is 4. The van der Waals surface area contributed by atoms with Crippen molar-refractivity contribution in [2.24, 2.45) is 0 Å². The van der Waals surface area contributed by atoms with Crippen molar-refractivity contribution in [3.63, 3.8) is 0 Å².